The van der Waals surface area contributed by atoms with Crippen LogP contribution < -0.4 is 0 Å². The monoisotopic (exact) mass is 710 g/mol. The molecule has 0 radical (unpaired) electrons. The molecule has 55 heavy (non-hydrogen) atoms. The van der Waals surface area contributed by atoms with Crippen LogP contribution in [0, 0.1) is 11.8 Å². The number of hydrogen-bond acceptors (Lipinski definition) is 3. The van der Waals surface area contributed by atoms with Gasteiger partial charge in [-0.2, -0.15) is 9.97 Å². The van der Waals surface area contributed by atoms with Gasteiger partial charge in [0.2, 0.25) is 5.95 Å². The fraction of sp³-hybridized carbons (Fsp3) is 0.157. The third-order valence-electron chi connectivity index (χ3n) is 11.8. The Hall–Kier alpha value is -6.39. The molecule has 0 aliphatic heterocycles. The van der Waals surface area contributed by atoms with E-state index in [2.05, 4.69) is 145 Å². The summed E-state index contributed by atoms with van der Waals surface area (Å²) in [5, 5.41) is 1.20. The second-order valence-corrected chi connectivity index (χ2v) is 15.2. The molecule has 0 amide bonds. The molecule has 3 atom stereocenters. The molecule has 4 aliphatic carbocycles. The van der Waals surface area contributed by atoms with Crippen LogP contribution in [0.3, 0.4) is 0 Å². The molecule has 0 N–H and O–H groups in total. The summed E-state index contributed by atoms with van der Waals surface area (Å²) in [5.41, 5.74) is 12.0. The van der Waals surface area contributed by atoms with Gasteiger partial charge >= 0.3 is 0 Å². The second kappa shape index (κ2) is 14.1. The number of benzene rings is 4. The lowest BCUT2D eigenvalue weighted by atomic mass is 9.76. The van der Waals surface area contributed by atoms with Crippen molar-refractivity contribution >= 4 is 17.0 Å². The topological polar surface area (TPSA) is 43.6 Å². The summed E-state index contributed by atoms with van der Waals surface area (Å²) >= 11 is 0. The lowest BCUT2D eigenvalue weighted by Gasteiger charge is -2.28. The molecule has 266 valence electrons. The average molecular weight is 711 g/mol. The number of nitrogens with zero attached hydrogens (tertiary/aromatic N) is 4. The van der Waals surface area contributed by atoms with Gasteiger partial charge < -0.3 is 0 Å². The molecule has 0 fully saturated rings. The van der Waals surface area contributed by atoms with Gasteiger partial charge in [-0.25, -0.2) is 4.98 Å². The van der Waals surface area contributed by atoms with Crippen LogP contribution in [0.2, 0.25) is 0 Å². The molecule has 4 aliphatic rings. The van der Waals surface area contributed by atoms with E-state index in [4.69, 9.17) is 15.0 Å². The third kappa shape index (κ3) is 6.08. The number of aromatic nitrogens is 4. The molecule has 10 rings (SSSR count). The van der Waals surface area contributed by atoms with Gasteiger partial charge in [0.15, 0.2) is 11.6 Å². The summed E-state index contributed by atoms with van der Waals surface area (Å²) in [4.78, 5) is 15.4. The lowest BCUT2D eigenvalue weighted by molar-refractivity contribution is 0.476. The highest BCUT2D eigenvalue weighted by Crippen LogP contribution is 2.50. The van der Waals surface area contributed by atoms with Crippen molar-refractivity contribution < 1.29 is 0 Å². The molecule has 4 aromatic carbocycles. The zero-order valence-electron chi connectivity index (χ0n) is 30.8. The summed E-state index contributed by atoms with van der Waals surface area (Å²) in [5.74, 6) is 3.49. The van der Waals surface area contributed by atoms with Crippen LogP contribution in [-0.4, -0.2) is 19.5 Å². The fourth-order valence-corrected chi connectivity index (χ4v) is 9.22. The van der Waals surface area contributed by atoms with Crippen LogP contribution in [0.4, 0.5) is 0 Å². The van der Waals surface area contributed by atoms with Crippen molar-refractivity contribution in [2.75, 3.05) is 0 Å². The highest BCUT2D eigenvalue weighted by Gasteiger charge is 2.34. The minimum atomic E-state index is 0.319. The Morgan fingerprint density at radius 3 is 2.09 bits per heavy atom. The number of allylic oxidation sites excluding steroid dienone is 12. The highest BCUT2D eigenvalue weighted by atomic mass is 15.2. The smallest absolute Gasteiger partial charge is 0.238 e. The Morgan fingerprint density at radius 2 is 1.35 bits per heavy atom. The second-order valence-electron chi connectivity index (χ2n) is 15.2. The van der Waals surface area contributed by atoms with E-state index >= 15 is 0 Å². The Labute approximate surface area is 323 Å². The van der Waals surface area contributed by atoms with Crippen molar-refractivity contribution in [1.29, 1.82) is 0 Å². The van der Waals surface area contributed by atoms with Crippen molar-refractivity contribution in [3.8, 4) is 39.9 Å². The van der Waals surface area contributed by atoms with E-state index in [1.54, 1.807) is 0 Å². The van der Waals surface area contributed by atoms with Gasteiger partial charge in [-0.15, -0.1) is 0 Å². The molecule has 0 saturated heterocycles. The highest BCUT2D eigenvalue weighted by molar-refractivity contribution is 5.96. The fourth-order valence-electron chi connectivity index (χ4n) is 9.22. The van der Waals surface area contributed by atoms with Gasteiger partial charge in [0.1, 0.15) is 0 Å². The minimum Gasteiger partial charge on any atom is -0.281 e. The Morgan fingerprint density at radius 1 is 0.636 bits per heavy atom. The van der Waals surface area contributed by atoms with Crippen LogP contribution in [0.15, 0.2) is 176 Å². The maximum atomic E-state index is 5.20. The molecule has 2 aromatic heterocycles. The minimum absolute atomic E-state index is 0.319. The molecule has 0 bridgehead atoms. The van der Waals surface area contributed by atoms with Gasteiger partial charge in [0.25, 0.3) is 0 Å². The van der Waals surface area contributed by atoms with E-state index in [1.807, 2.05) is 36.4 Å². The molecule has 4 heteroatoms. The van der Waals surface area contributed by atoms with E-state index in [1.165, 1.54) is 45.2 Å². The Bertz CT molecular complexity index is 2560. The Kier molecular flexibility index (Phi) is 8.52. The summed E-state index contributed by atoms with van der Waals surface area (Å²) < 4.78 is 2.27. The van der Waals surface area contributed by atoms with Gasteiger partial charge in [0, 0.05) is 46.0 Å². The lowest BCUT2D eigenvalue weighted by Crippen LogP contribution is -2.12. The SMILES string of the molecule is C=C1CC=Cc2c(n(-c3nc(-c4ccccc4)nc(-c4ccccc4)n3)c3ccc(-c4cccc5c4C(C4C=CC=CC=C4)CCC4C=CC=CC54)cc23)C1. The molecule has 4 nitrogen and oxygen atoms in total. The summed E-state index contributed by atoms with van der Waals surface area (Å²) in [6.45, 7) is 4.48. The van der Waals surface area contributed by atoms with Crippen LogP contribution in [-0.2, 0) is 6.42 Å². The van der Waals surface area contributed by atoms with Gasteiger partial charge in [-0.3, -0.25) is 4.57 Å². The van der Waals surface area contributed by atoms with Gasteiger partial charge in [-0.05, 0) is 65.5 Å². The van der Waals surface area contributed by atoms with E-state index in [0.717, 1.165) is 41.6 Å². The molecular weight excluding hydrogens is 669 g/mol. The van der Waals surface area contributed by atoms with Crippen molar-refractivity contribution in [3.05, 3.63) is 198 Å². The van der Waals surface area contributed by atoms with Crippen molar-refractivity contribution in [3.63, 3.8) is 0 Å². The van der Waals surface area contributed by atoms with E-state index in [0.29, 0.717) is 41.3 Å². The Balaban J connectivity index is 1.19. The molecule has 0 spiro atoms. The van der Waals surface area contributed by atoms with E-state index in [-0.39, 0.29) is 0 Å². The summed E-state index contributed by atoms with van der Waals surface area (Å²) in [6.07, 6.45) is 31.3. The maximum Gasteiger partial charge on any atom is 0.238 e. The standard InChI is InChI=1S/C51H42N4/c1-34-16-14-26-43-45-33-39(41-25-15-27-44-40-24-13-12-19-36(40)28-30-42(48(41)44)35-17-6-2-3-7-18-35)29-31-46(45)55(47(43)32-34)51-53-49(37-20-8-4-9-21-37)52-50(54-51)38-22-10-5-11-23-38/h2-15,17-27,29,31,33,35-36,40,42H,1,16,28,30,32H2. The summed E-state index contributed by atoms with van der Waals surface area (Å²) in [6, 6.07) is 34.5. The van der Waals surface area contributed by atoms with E-state index in [9.17, 15) is 0 Å². The first-order valence-corrected chi connectivity index (χ1v) is 19.6. The zero-order valence-corrected chi connectivity index (χ0v) is 30.8. The molecular formula is C51H42N4. The predicted octanol–water partition coefficient (Wildman–Crippen LogP) is 12.3. The largest absolute Gasteiger partial charge is 0.281 e. The van der Waals surface area contributed by atoms with Crippen molar-refractivity contribution in [2.45, 2.75) is 37.5 Å². The predicted molar refractivity (Wildman–Crippen MR) is 227 cm³/mol. The van der Waals surface area contributed by atoms with Gasteiger partial charge in [-0.1, -0.05) is 170 Å². The number of fused-ring (bicyclic) bond motifs is 6. The van der Waals surface area contributed by atoms with Crippen molar-refractivity contribution in [2.24, 2.45) is 11.8 Å². The van der Waals surface area contributed by atoms with Crippen molar-refractivity contribution in [1.82, 2.24) is 19.5 Å². The molecule has 2 heterocycles. The molecule has 6 aromatic rings. The first kappa shape index (κ1) is 33.2. The van der Waals surface area contributed by atoms with Crippen LogP contribution in [0.1, 0.15) is 53.5 Å². The normalized spacial score (nSPS) is 20.1. The number of rotatable bonds is 5. The maximum absolute atomic E-state index is 5.20. The third-order valence-corrected chi connectivity index (χ3v) is 11.8. The number of hydrogen-bond donors (Lipinski definition) is 0. The average Bonchev–Trinajstić information content (AvgIpc) is 3.52. The first-order chi connectivity index (χ1) is 27.2. The zero-order chi connectivity index (χ0) is 36.7. The van der Waals surface area contributed by atoms with Crippen LogP contribution >= 0.6 is 0 Å². The van der Waals surface area contributed by atoms with Gasteiger partial charge in [0.05, 0.1) is 5.52 Å². The van der Waals surface area contributed by atoms with E-state index < -0.39 is 0 Å². The first-order valence-electron chi connectivity index (χ1n) is 19.6. The molecule has 0 saturated carbocycles. The molecule has 3 unspecified atom stereocenters. The van der Waals surface area contributed by atoms with Crippen LogP contribution in [0.5, 0.6) is 0 Å². The quantitative estimate of drug-likeness (QED) is 0.167. The van der Waals surface area contributed by atoms with Crippen LogP contribution in [0.25, 0.3) is 56.8 Å². The summed E-state index contributed by atoms with van der Waals surface area (Å²) in [7, 11) is 0.